The molecule has 1 aliphatic heterocycles. The van der Waals surface area contributed by atoms with E-state index in [-0.39, 0.29) is 12.5 Å². The number of rotatable bonds is 6. The zero-order chi connectivity index (χ0) is 15.1. The largest absolute Gasteiger partial charge is 0.481 e. The lowest BCUT2D eigenvalue weighted by Crippen LogP contribution is -2.46. The summed E-state index contributed by atoms with van der Waals surface area (Å²) in [5, 5.41) is 13.7. The Balaban J connectivity index is 1.70. The average Bonchev–Trinajstić information content (AvgIpc) is 2.98. The second-order valence-corrected chi connectivity index (χ2v) is 6.48. The molecule has 1 atom stereocenters. The third-order valence-electron chi connectivity index (χ3n) is 3.80. The Morgan fingerprint density at radius 3 is 3.05 bits per heavy atom. The van der Waals surface area contributed by atoms with E-state index < -0.39 is 5.97 Å². The van der Waals surface area contributed by atoms with Gasteiger partial charge in [0.25, 0.3) is 0 Å². The molecule has 0 aromatic carbocycles. The fourth-order valence-corrected chi connectivity index (χ4v) is 3.38. The number of hydrogen-bond acceptors (Lipinski definition) is 3. The molecule has 2 amide bonds. The van der Waals surface area contributed by atoms with E-state index >= 15 is 0 Å². The van der Waals surface area contributed by atoms with Crippen molar-refractivity contribution in [1.29, 1.82) is 0 Å². The van der Waals surface area contributed by atoms with Gasteiger partial charge < -0.3 is 15.3 Å². The van der Waals surface area contributed by atoms with Gasteiger partial charge in [-0.1, -0.05) is 6.07 Å². The summed E-state index contributed by atoms with van der Waals surface area (Å²) in [5.74, 6) is -0.439. The van der Waals surface area contributed by atoms with E-state index in [4.69, 9.17) is 5.11 Å². The number of thiophene rings is 1. The summed E-state index contributed by atoms with van der Waals surface area (Å²) in [4.78, 5) is 25.8. The lowest BCUT2D eigenvalue weighted by molar-refractivity contribution is -0.137. The highest BCUT2D eigenvalue weighted by Gasteiger charge is 2.23. The second kappa shape index (κ2) is 8.02. The maximum absolute atomic E-state index is 12.1. The molecular formula is C15H22N2O3S. The smallest absolute Gasteiger partial charge is 0.317 e. The second-order valence-electron chi connectivity index (χ2n) is 5.45. The molecule has 2 N–H and O–H groups in total. The molecule has 1 aromatic heterocycles. The van der Waals surface area contributed by atoms with Crippen LogP contribution in [0.1, 0.15) is 30.6 Å². The van der Waals surface area contributed by atoms with Crippen molar-refractivity contribution in [3.8, 4) is 0 Å². The summed E-state index contributed by atoms with van der Waals surface area (Å²) >= 11 is 1.70. The van der Waals surface area contributed by atoms with Gasteiger partial charge in [0.05, 0.1) is 0 Å². The SMILES string of the molecule is O=C(O)CCC1CCCN(C(=O)NCCc2cccs2)C1. The molecule has 1 unspecified atom stereocenters. The van der Waals surface area contributed by atoms with Gasteiger partial charge in [0.15, 0.2) is 0 Å². The normalized spacial score (nSPS) is 18.5. The molecule has 116 valence electrons. The average molecular weight is 310 g/mol. The molecule has 1 aliphatic rings. The topological polar surface area (TPSA) is 69.6 Å². The maximum Gasteiger partial charge on any atom is 0.317 e. The first-order valence-electron chi connectivity index (χ1n) is 7.42. The van der Waals surface area contributed by atoms with Gasteiger partial charge in [-0.15, -0.1) is 11.3 Å². The van der Waals surface area contributed by atoms with Crippen LogP contribution in [0, 0.1) is 5.92 Å². The summed E-state index contributed by atoms with van der Waals surface area (Å²) in [6.07, 6.45) is 3.70. The fourth-order valence-electron chi connectivity index (χ4n) is 2.67. The minimum Gasteiger partial charge on any atom is -0.481 e. The van der Waals surface area contributed by atoms with Gasteiger partial charge in [0.2, 0.25) is 0 Å². The number of carboxylic acids is 1. The number of amides is 2. The third kappa shape index (κ3) is 5.38. The molecule has 21 heavy (non-hydrogen) atoms. The predicted molar refractivity (Wildman–Crippen MR) is 82.6 cm³/mol. The van der Waals surface area contributed by atoms with Gasteiger partial charge >= 0.3 is 12.0 Å². The van der Waals surface area contributed by atoms with Crippen LogP contribution in [0.15, 0.2) is 17.5 Å². The van der Waals surface area contributed by atoms with Gasteiger partial charge in [0.1, 0.15) is 0 Å². The monoisotopic (exact) mass is 310 g/mol. The number of piperidine rings is 1. The lowest BCUT2D eigenvalue weighted by atomic mass is 9.93. The van der Waals surface area contributed by atoms with Crippen molar-refractivity contribution in [2.24, 2.45) is 5.92 Å². The minimum absolute atomic E-state index is 0.0217. The molecule has 2 rings (SSSR count). The van der Waals surface area contributed by atoms with E-state index in [0.29, 0.717) is 25.4 Å². The molecule has 6 heteroatoms. The van der Waals surface area contributed by atoms with Crippen LogP contribution in [0.5, 0.6) is 0 Å². The minimum atomic E-state index is -0.757. The number of aliphatic carboxylic acids is 1. The van der Waals surface area contributed by atoms with Crippen LogP contribution >= 0.6 is 11.3 Å². The zero-order valence-corrected chi connectivity index (χ0v) is 12.9. The van der Waals surface area contributed by atoms with Crippen LogP contribution in [0.3, 0.4) is 0 Å². The van der Waals surface area contributed by atoms with Crippen molar-refractivity contribution in [1.82, 2.24) is 10.2 Å². The van der Waals surface area contributed by atoms with Gasteiger partial charge in [-0.2, -0.15) is 0 Å². The number of nitrogens with zero attached hydrogens (tertiary/aromatic N) is 1. The molecule has 1 saturated heterocycles. The van der Waals surface area contributed by atoms with E-state index in [0.717, 1.165) is 25.8 Å². The van der Waals surface area contributed by atoms with E-state index in [1.54, 1.807) is 11.3 Å². The number of nitrogens with one attached hydrogen (secondary N) is 1. The number of hydrogen-bond donors (Lipinski definition) is 2. The third-order valence-corrected chi connectivity index (χ3v) is 4.74. The van der Waals surface area contributed by atoms with E-state index in [2.05, 4.69) is 11.4 Å². The van der Waals surface area contributed by atoms with Crippen molar-refractivity contribution >= 4 is 23.3 Å². The van der Waals surface area contributed by atoms with Crippen molar-refractivity contribution in [3.63, 3.8) is 0 Å². The molecule has 1 aromatic rings. The molecule has 0 saturated carbocycles. The first kappa shape index (κ1) is 15.8. The molecule has 0 radical (unpaired) electrons. The van der Waals surface area contributed by atoms with Crippen LogP contribution in [-0.4, -0.2) is 41.6 Å². The Hall–Kier alpha value is -1.56. The zero-order valence-electron chi connectivity index (χ0n) is 12.1. The maximum atomic E-state index is 12.1. The molecule has 2 heterocycles. The molecule has 0 aliphatic carbocycles. The van der Waals surface area contributed by atoms with E-state index in [1.807, 2.05) is 16.3 Å². The quantitative estimate of drug-likeness (QED) is 0.848. The van der Waals surface area contributed by atoms with E-state index in [1.165, 1.54) is 4.88 Å². The van der Waals surface area contributed by atoms with Crippen LogP contribution in [0.2, 0.25) is 0 Å². The van der Waals surface area contributed by atoms with Gasteiger partial charge in [0, 0.05) is 30.9 Å². The standard InChI is InChI=1S/C15H22N2O3S/c18-14(19)6-5-12-3-1-9-17(11-12)15(20)16-8-7-13-4-2-10-21-13/h2,4,10,12H,1,3,5-9,11H2,(H,16,20)(H,18,19). The van der Waals surface area contributed by atoms with Crippen LogP contribution < -0.4 is 5.32 Å². The highest BCUT2D eigenvalue weighted by Crippen LogP contribution is 2.21. The summed E-state index contributed by atoms with van der Waals surface area (Å²) in [6.45, 7) is 2.10. The van der Waals surface area contributed by atoms with Crippen LogP contribution in [0.25, 0.3) is 0 Å². The molecular weight excluding hydrogens is 288 g/mol. The Morgan fingerprint density at radius 2 is 2.33 bits per heavy atom. The Kier molecular flexibility index (Phi) is 6.04. The number of carboxylic acid groups (broad SMARTS) is 1. The number of likely N-dealkylation sites (tertiary alicyclic amines) is 1. The van der Waals surface area contributed by atoms with Crippen LogP contribution in [0.4, 0.5) is 4.79 Å². The number of urea groups is 1. The summed E-state index contributed by atoms with van der Waals surface area (Å²) in [5.41, 5.74) is 0. The predicted octanol–water partition coefficient (Wildman–Crippen LogP) is 2.58. The Labute approximate surface area is 129 Å². The molecule has 0 spiro atoms. The molecule has 5 nitrogen and oxygen atoms in total. The van der Waals surface area contributed by atoms with Gasteiger partial charge in [-0.3, -0.25) is 4.79 Å². The van der Waals surface area contributed by atoms with Crippen molar-refractivity contribution in [2.75, 3.05) is 19.6 Å². The van der Waals surface area contributed by atoms with Gasteiger partial charge in [-0.25, -0.2) is 4.79 Å². The highest BCUT2D eigenvalue weighted by molar-refractivity contribution is 7.09. The Morgan fingerprint density at radius 1 is 1.48 bits per heavy atom. The molecule has 1 fully saturated rings. The molecule has 0 bridgehead atoms. The highest BCUT2D eigenvalue weighted by atomic mass is 32.1. The van der Waals surface area contributed by atoms with Crippen molar-refractivity contribution in [3.05, 3.63) is 22.4 Å². The summed E-state index contributed by atoms with van der Waals surface area (Å²) < 4.78 is 0. The van der Waals surface area contributed by atoms with Crippen molar-refractivity contribution in [2.45, 2.75) is 32.1 Å². The van der Waals surface area contributed by atoms with Crippen LogP contribution in [-0.2, 0) is 11.2 Å². The Bertz CT molecular complexity index is 461. The summed E-state index contributed by atoms with van der Waals surface area (Å²) in [6, 6.07) is 4.06. The fraction of sp³-hybridized carbons (Fsp3) is 0.600. The van der Waals surface area contributed by atoms with E-state index in [9.17, 15) is 9.59 Å². The first-order chi connectivity index (χ1) is 10.1. The lowest BCUT2D eigenvalue weighted by Gasteiger charge is -2.32. The number of carbonyl (C=O) groups is 2. The number of carbonyl (C=O) groups excluding carboxylic acids is 1. The van der Waals surface area contributed by atoms with Gasteiger partial charge in [-0.05, 0) is 43.0 Å². The van der Waals surface area contributed by atoms with Crippen molar-refractivity contribution < 1.29 is 14.7 Å². The summed E-state index contributed by atoms with van der Waals surface area (Å²) in [7, 11) is 0. The first-order valence-corrected chi connectivity index (χ1v) is 8.30.